The summed E-state index contributed by atoms with van der Waals surface area (Å²) in [5, 5.41) is 12.5. The predicted molar refractivity (Wildman–Crippen MR) is 103 cm³/mol. The molecule has 0 aromatic heterocycles. The maximum absolute atomic E-state index is 12.2. The molecule has 1 unspecified atom stereocenters. The molecule has 0 fully saturated rings. The van der Waals surface area contributed by atoms with Gasteiger partial charge < -0.3 is 5.32 Å². The standard InChI is InChI=1S/C22H22N2O2/c1-16-6-5-7-17(14-16)15-23-20-12-10-19(11-13-20)21(22(25)24-26)18-8-3-2-4-9-18/h2-14,21,23,26H,15H2,1H3,(H,24,25). The normalized spacial score (nSPS) is 11.6. The molecule has 1 atom stereocenters. The van der Waals surface area contributed by atoms with Crippen LogP contribution in [0.25, 0.3) is 0 Å². The topological polar surface area (TPSA) is 61.4 Å². The number of hydroxylamine groups is 1. The van der Waals surface area contributed by atoms with Crippen LogP contribution in [-0.2, 0) is 11.3 Å². The number of hydrogen-bond donors (Lipinski definition) is 3. The van der Waals surface area contributed by atoms with E-state index in [9.17, 15) is 4.79 Å². The Balaban J connectivity index is 1.75. The summed E-state index contributed by atoms with van der Waals surface area (Å²) in [6.45, 7) is 2.81. The number of anilines is 1. The van der Waals surface area contributed by atoms with Gasteiger partial charge >= 0.3 is 0 Å². The molecule has 132 valence electrons. The molecule has 3 N–H and O–H groups in total. The minimum atomic E-state index is -0.549. The van der Waals surface area contributed by atoms with E-state index in [0.29, 0.717) is 0 Å². The van der Waals surface area contributed by atoms with Crippen LogP contribution in [0.1, 0.15) is 28.2 Å². The Kier molecular flexibility index (Phi) is 5.66. The SMILES string of the molecule is Cc1cccc(CNc2ccc(C(C(=O)NO)c3ccccc3)cc2)c1. The lowest BCUT2D eigenvalue weighted by Crippen LogP contribution is -2.27. The van der Waals surface area contributed by atoms with Gasteiger partial charge in [0.15, 0.2) is 0 Å². The first-order valence-corrected chi connectivity index (χ1v) is 8.55. The number of rotatable bonds is 6. The first-order valence-electron chi connectivity index (χ1n) is 8.55. The quantitative estimate of drug-likeness (QED) is 0.462. The molecule has 0 heterocycles. The fraction of sp³-hybridized carbons (Fsp3) is 0.136. The van der Waals surface area contributed by atoms with Gasteiger partial charge in [0, 0.05) is 12.2 Å². The minimum Gasteiger partial charge on any atom is -0.381 e. The van der Waals surface area contributed by atoms with Gasteiger partial charge in [-0.25, -0.2) is 5.48 Å². The molecule has 0 aliphatic heterocycles. The highest BCUT2D eigenvalue weighted by Crippen LogP contribution is 2.26. The molecule has 0 radical (unpaired) electrons. The van der Waals surface area contributed by atoms with E-state index in [-0.39, 0.29) is 0 Å². The number of hydrogen-bond acceptors (Lipinski definition) is 3. The van der Waals surface area contributed by atoms with Crippen LogP contribution in [0.2, 0.25) is 0 Å². The van der Waals surface area contributed by atoms with E-state index in [1.165, 1.54) is 11.1 Å². The summed E-state index contributed by atoms with van der Waals surface area (Å²) in [5.74, 6) is -0.997. The summed E-state index contributed by atoms with van der Waals surface area (Å²) in [4.78, 5) is 12.2. The van der Waals surface area contributed by atoms with Gasteiger partial charge in [-0.05, 0) is 35.7 Å². The van der Waals surface area contributed by atoms with Gasteiger partial charge in [-0.3, -0.25) is 10.0 Å². The Hall–Kier alpha value is -3.11. The lowest BCUT2D eigenvalue weighted by molar-refractivity contribution is -0.129. The van der Waals surface area contributed by atoms with Gasteiger partial charge in [-0.15, -0.1) is 0 Å². The van der Waals surface area contributed by atoms with Crippen LogP contribution in [0.5, 0.6) is 0 Å². The Morgan fingerprint density at radius 1 is 0.923 bits per heavy atom. The van der Waals surface area contributed by atoms with Crippen molar-refractivity contribution in [1.29, 1.82) is 0 Å². The highest BCUT2D eigenvalue weighted by Gasteiger charge is 2.22. The molecule has 4 nitrogen and oxygen atoms in total. The lowest BCUT2D eigenvalue weighted by atomic mass is 9.90. The van der Waals surface area contributed by atoms with Crippen molar-refractivity contribution in [1.82, 2.24) is 5.48 Å². The van der Waals surface area contributed by atoms with Crippen LogP contribution in [-0.4, -0.2) is 11.1 Å². The fourth-order valence-electron chi connectivity index (χ4n) is 3.02. The molecular weight excluding hydrogens is 324 g/mol. The van der Waals surface area contributed by atoms with E-state index in [1.54, 1.807) is 5.48 Å². The molecule has 0 aliphatic carbocycles. The first-order chi connectivity index (χ1) is 12.7. The highest BCUT2D eigenvalue weighted by molar-refractivity contribution is 5.86. The van der Waals surface area contributed by atoms with E-state index in [1.807, 2.05) is 60.7 Å². The average Bonchev–Trinajstić information content (AvgIpc) is 2.68. The smallest absolute Gasteiger partial charge is 0.255 e. The van der Waals surface area contributed by atoms with Crippen LogP contribution >= 0.6 is 0 Å². The van der Waals surface area contributed by atoms with Crippen molar-refractivity contribution in [3.05, 3.63) is 101 Å². The summed E-state index contributed by atoms with van der Waals surface area (Å²) >= 11 is 0. The Bertz CT molecular complexity index is 861. The zero-order valence-corrected chi connectivity index (χ0v) is 14.6. The van der Waals surface area contributed by atoms with Crippen LogP contribution in [0.4, 0.5) is 5.69 Å². The maximum Gasteiger partial charge on any atom is 0.255 e. The molecule has 3 aromatic carbocycles. The molecule has 0 aliphatic rings. The average molecular weight is 346 g/mol. The Morgan fingerprint density at radius 3 is 2.27 bits per heavy atom. The zero-order valence-electron chi connectivity index (χ0n) is 14.6. The van der Waals surface area contributed by atoms with E-state index in [0.717, 1.165) is 23.4 Å². The Labute approximate surface area is 153 Å². The summed E-state index contributed by atoms with van der Waals surface area (Å²) < 4.78 is 0. The maximum atomic E-state index is 12.2. The highest BCUT2D eigenvalue weighted by atomic mass is 16.5. The van der Waals surface area contributed by atoms with E-state index in [2.05, 4.69) is 30.4 Å². The first kappa shape index (κ1) is 17.7. The second-order valence-corrected chi connectivity index (χ2v) is 6.28. The minimum absolute atomic E-state index is 0.448. The molecular formula is C22H22N2O2. The predicted octanol–water partition coefficient (Wildman–Crippen LogP) is 4.24. The van der Waals surface area contributed by atoms with E-state index >= 15 is 0 Å². The number of carbonyl (C=O) groups excluding carboxylic acids is 1. The van der Waals surface area contributed by atoms with Crippen molar-refractivity contribution in [2.45, 2.75) is 19.4 Å². The monoisotopic (exact) mass is 346 g/mol. The van der Waals surface area contributed by atoms with Gasteiger partial charge in [0.2, 0.25) is 0 Å². The number of aryl methyl sites for hydroxylation is 1. The van der Waals surface area contributed by atoms with Crippen molar-refractivity contribution < 1.29 is 10.0 Å². The zero-order chi connectivity index (χ0) is 18.4. The molecule has 26 heavy (non-hydrogen) atoms. The number of amides is 1. The largest absolute Gasteiger partial charge is 0.381 e. The third-order valence-corrected chi connectivity index (χ3v) is 4.33. The van der Waals surface area contributed by atoms with Gasteiger partial charge in [0.25, 0.3) is 5.91 Å². The molecule has 1 amide bonds. The van der Waals surface area contributed by atoms with Gasteiger partial charge in [0.05, 0.1) is 5.92 Å². The van der Waals surface area contributed by atoms with Crippen LogP contribution in [0.3, 0.4) is 0 Å². The lowest BCUT2D eigenvalue weighted by Gasteiger charge is -2.16. The van der Waals surface area contributed by atoms with Crippen LogP contribution in [0.15, 0.2) is 78.9 Å². The summed E-state index contributed by atoms with van der Waals surface area (Å²) in [5.41, 5.74) is 6.86. The van der Waals surface area contributed by atoms with Gasteiger partial charge in [-0.1, -0.05) is 72.3 Å². The molecule has 0 bridgehead atoms. The molecule has 3 aromatic rings. The second kappa shape index (κ2) is 8.32. The number of carbonyl (C=O) groups is 1. The number of benzene rings is 3. The van der Waals surface area contributed by atoms with Crippen molar-refractivity contribution >= 4 is 11.6 Å². The second-order valence-electron chi connectivity index (χ2n) is 6.28. The molecule has 4 heteroatoms. The van der Waals surface area contributed by atoms with Gasteiger partial charge in [0.1, 0.15) is 0 Å². The van der Waals surface area contributed by atoms with E-state index in [4.69, 9.17) is 5.21 Å². The molecule has 0 saturated carbocycles. The van der Waals surface area contributed by atoms with Crippen molar-refractivity contribution in [2.75, 3.05) is 5.32 Å². The van der Waals surface area contributed by atoms with Crippen molar-refractivity contribution in [3.63, 3.8) is 0 Å². The fourth-order valence-corrected chi connectivity index (χ4v) is 3.02. The summed E-state index contributed by atoms with van der Waals surface area (Å²) in [6, 6.07) is 25.5. The third-order valence-electron chi connectivity index (χ3n) is 4.33. The third kappa shape index (κ3) is 4.29. The summed E-state index contributed by atoms with van der Waals surface area (Å²) in [7, 11) is 0. The number of nitrogens with one attached hydrogen (secondary N) is 2. The van der Waals surface area contributed by atoms with Gasteiger partial charge in [-0.2, -0.15) is 0 Å². The molecule has 0 saturated heterocycles. The Morgan fingerprint density at radius 2 is 1.62 bits per heavy atom. The van der Waals surface area contributed by atoms with E-state index < -0.39 is 11.8 Å². The molecule has 0 spiro atoms. The van der Waals surface area contributed by atoms with Crippen molar-refractivity contribution in [2.24, 2.45) is 0 Å². The van der Waals surface area contributed by atoms with Crippen LogP contribution < -0.4 is 10.8 Å². The van der Waals surface area contributed by atoms with Crippen LogP contribution in [0, 0.1) is 6.92 Å². The van der Waals surface area contributed by atoms with Crippen molar-refractivity contribution in [3.8, 4) is 0 Å². The summed E-state index contributed by atoms with van der Waals surface area (Å²) in [6.07, 6.45) is 0. The molecule has 3 rings (SSSR count).